The number of hydrogen-bond acceptors (Lipinski definition) is 1. The van der Waals surface area contributed by atoms with Crippen LogP contribution in [0.15, 0.2) is 36.4 Å². The maximum absolute atomic E-state index is 9.41. The second-order valence-corrected chi connectivity index (χ2v) is 3.17. The maximum Gasteiger partial charge on any atom is 0.119 e. The van der Waals surface area contributed by atoms with E-state index >= 15 is 0 Å². The van der Waals surface area contributed by atoms with E-state index in [2.05, 4.69) is 6.58 Å². The van der Waals surface area contributed by atoms with Crippen LogP contribution in [0.2, 0.25) is 0 Å². The van der Waals surface area contributed by atoms with Gasteiger partial charge in [0, 0.05) is 0 Å². The summed E-state index contributed by atoms with van der Waals surface area (Å²) < 4.78 is 0. The molecule has 13 heavy (non-hydrogen) atoms. The zero-order valence-electron chi connectivity index (χ0n) is 8.04. The highest BCUT2D eigenvalue weighted by molar-refractivity contribution is 5.58. The molecule has 0 fully saturated rings. The number of phenols is 1. The molecule has 0 saturated carbocycles. The van der Waals surface area contributed by atoms with E-state index in [0.29, 0.717) is 5.75 Å². The quantitative estimate of drug-likeness (QED) is 0.682. The maximum atomic E-state index is 9.41. The van der Waals surface area contributed by atoms with Gasteiger partial charge in [0.2, 0.25) is 0 Å². The highest BCUT2D eigenvalue weighted by atomic mass is 16.3. The molecule has 0 spiro atoms. The molecule has 0 atom stereocenters. The molecule has 68 valence electrons. The Kier molecular flexibility index (Phi) is 2.91. The largest absolute Gasteiger partial charge is 0.508 e. The Morgan fingerprint density at radius 1 is 1.46 bits per heavy atom. The topological polar surface area (TPSA) is 20.2 Å². The molecule has 0 amide bonds. The Bertz CT molecular complexity index is 348. The van der Waals surface area contributed by atoms with Gasteiger partial charge in [-0.15, -0.1) is 0 Å². The monoisotopic (exact) mass is 174 g/mol. The highest BCUT2D eigenvalue weighted by Gasteiger charge is 1.97. The van der Waals surface area contributed by atoms with Crippen LogP contribution in [0.3, 0.4) is 0 Å². The van der Waals surface area contributed by atoms with E-state index in [-0.39, 0.29) is 0 Å². The first-order chi connectivity index (χ1) is 6.11. The molecule has 1 aromatic rings. The van der Waals surface area contributed by atoms with E-state index in [9.17, 15) is 5.11 Å². The third kappa shape index (κ3) is 2.48. The summed E-state index contributed by atoms with van der Waals surface area (Å²) in [6.45, 7) is 7.61. The van der Waals surface area contributed by atoms with E-state index in [0.717, 1.165) is 16.7 Å². The summed E-state index contributed by atoms with van der Waals surface area (Å²) in [4.78, 5) is 0. The summed E-state index contributed by atoms with van der Waals surface area (Å²) in [6.07, 6.45) is 3.89. The number of aromatic hydroxyl groups is 1. The van der Waals surface area contributed by atoms with Crippen molar-refractivity contribution in [2.75, 3.05) is 0 Å². The second kappa shape index (κ2) is 3.94. The van der Waals surface area contributed by atoms with Gasteiger partial charge >= 0.3 is 0 Å². The van der Waals surface area contributed by atoms with E-state index in [1.54, 1.807) is 6.07 Å². The van der Waals surface area contributed by atoms with Crippen LogP contribution in [0.5, 0.6) is 5.75 Å². The standard InChI is InChI=1S/C12H14O/c1-9(2)7-8-11-5-4-6-12(13)10(11)3/h4-8,13H,1H2,2-3H3/b8-7-. The Morgan fingerprint density at radius 2 is 2.15 bits per heavy atom. The minimum atomic E-state index is 0.337. The van der Waals surface area contributed by atoms with E-state index < -0.39 is 0 Å². The molecule has 0 bridgehead atoms. The third-order valence-electron chi connectivity index (χ3n) is 1.89. The van der Waals surface area contributed by atoms with Crippen molar-refractivity contribution in [3.05, 3.63) is 47.6 Å². The van der Waals surface area contributed by atoms with E-state index in [4.69, 9.17) is 0 Å². The Balaban J connectivity index is 3.02. The van der Waals surface area contributed by atoms with Gasteiger partial charge < -0.3 is 5.11 Å². The zero-order chi connectivity index (χ0) is 9.84. The van der Waals surface area contributed by atoms with Crippen molar-refractivity contribution in [2.45, 2.75) is 13.8 Å². The summed E-state index contributed by atoms with van der Waals surface area (Å²) in [5.74, 6) is 0.337. The first-order valence-corrected chi connectivity index (χ1v) is 4.23. The van der Waals surface area contributed by atoms with Crippen molar-refractivity contribution in [1.29, 1.82) is 0 Å². The smallest absolute Gasteiger partial charge is 0.119 e. The van der Waals surface area contributed by atoms with Crippen LogP contribution in [0, 0.1) is 6.92 Å². The molecule has 0 aliphatic heterocycles. The van der Waals surface area contributed by atoms with Crippen molar-refractivity contribution in [3.63, 3.8) is 0 Å². The summed E-state index contributed by atoms with van der Waals surface area (Å²) in [6, 6.07) is 5.49. The van der Waals surface area contributed by atoms with Crippen molar-refractivity contribution in [3.8, 4) is 5.75 Å². The first kappa shape index (κ1) is 9.59. The Morgan fingerprint density at radius 3 is 2.77 bits per heavy atom. The lowest BCUT2D eigenvalue weighted by molar-refractivity contribution is 0.471. The fraction of sp³-hybridized carbons (Fsp3) is 0.167. The lowest BCUT2D eigenvalue weighted by Gasteiger charge is -2.01. The van der Waals surface area contributed by atoms with Gasteiger partial charge in [-0.25, -0.2) is 0 Å². The van der Waals surface area contributed by atoms with Crippen LogP contribution in [0.4, 0.5) is 0 Å². The molecule has 0 aliphatic carbocycles. The number of phenolic OH excluding ortho intramolecular Hbond substituents is 1. The van der Waals surface area contributed by atoms with Gasteiger partial charge in [-0.05, 0) is 31.0 Å². The number of allylic oxidation sites excluding steroid dienone is 2. The predicted molar refractivity (Wildman–Crippen MR) is 56.7 cm³/mol. The van der Waals surface area contributed by atoms with Gasteiger partial charge in [0.15, 0.2) is 0 Å². The molecule has 1 aromatic carbocycles. The summed E-state index contributed by atoms with van der Waals surface area (Å²) >= 11 is 0. The zero-order valence-corrected chi connectivity index (χ0v) is 8.04. The average Bonchev–Trinajstić information content (AvgIpc) is 2.07. The fourth-order valence-electron chi connectivity index (χ4n) is 1.05. The lowest BCUT2D eigenvalue weighted by atomic mass is 10.1. The van der Waals surface area contributed by atoms with Gasteiger partial charge in [-0.2, -0.15) is 0 Å². The fourth-order valence-corrected chi connectivity index (χ4v) is 1.05. The molecular weight excluding hydrogens is 160 g/mol. The average molecular weight is 174 g/mol. The van der Waals surface area contributed by atoms with Gasteiger partial charge in [-0.3, -0.25) is 0 Å². The van der Waals surface area contributed by atoms with Gasteiger partial charge in [-0.1, -0.05) is 36.4 Å². The van der Waals surface area contributed by atoms with Crippen LogP contribution >= 0.6 is 0 Å². The van der Waals surface area contributed by atoms with Crippen molar-refractivity contribution >= 4 is 6.08 Å². The van der Waals surface area contributed by atoms with Crippen LogP contribution in [-0.4, -0.2) is 5.11 Å². The SMILES string of the molecule is C=C(C)/C=C\c1cccc(O)c1C. The molecule has 1 N–H and O–H groups in total. The van der Waals surface area contributed by atoms with E-state index in [1.165, 1.54) is 0 Å². The number of rotatable bonds is 2. The Hall–Kier alpha value is -1.50. The molecule has 1 rings (SSSR count). The van der Waals surface area contributed by atoms with Crippen molar-refractivity contribution in [1.82, 2.24) is 0 Å². The van der Waals surface area contributed by atoms with Gasteiger partial charge in [0.1, 0.15) is 5.75 Å². The molecule has 1 nitrogen and oxygen atoms in total. The van der Waals surface area contributed by atoms with Crippen LogP contribution in [0.25, 0.3) is 6.08 Å². The molecule has 0 saturated heterocycles. The molecule has 0 aromatic heterocycles. The van der Waals surface area contributed by atoms with Gasteiger partial charge in [0.25, 0.3) is 0 Å². The number of benzene rings is 1. The van der Waals surface area contributed by atoms with Crippen molar-refractivity contribution in [2.24, 2.45) is 0 Å². The van der Waals surface area contributed by atoms with Gasteiger partial charge in [0.05, 0.1) is 0 Å². The lowest BCUT2D eigenvalue weighted by Crippen LogP contribution is -1.80. The minimum Gasteiger partial charge on any atom is -0.508 e. The van der Waals surface area contributed by atoms with Crippen molar-refractivity contribution < 1.29 is 5.11 Å². The van der Waals surface area contributed by atoms with Crippen LogP contribution in [-0.2, 0) is 0 Å². The molecular formula is C12H14O. The molecule has 0 unspecified atom stereocenters. The second-order valence-electron chi connectivity index (χ2n) is 3.17. The normalized spacial score (nSPS) is 10.6. The summed E-state index contributed by atoms with van der Waals surface area (Å²) in [5, 5.41) is 9.41. The highest BCUT2D eigenvalue weighted by Crippen LogP contribution is 2.20. The van der Waals surface area contributed by atoms with Crippen LogP contribution < -0.4 is 0 Å². The van der Waals surface area contributed by atoms with Crippen LogP contribution in [0.1, 0.15) is 18.1 Å². The molecule has 0 aliphatic rings. The Labute approximate surface area is 79.0 Å². The summed E-state index contributed by atoms with van der Waals surface area (Å²) in [7, 11) is 0. The third-order valence-corrected chi connectivity index (χ3v) is 1.89. The van der Waals surface area contributed by atoms with E-state index in [1.807, 2.05) is 38.1 Å². The molecule has 0 radical (unpaired) electrons. The predicted octanol–water partition coefficient (Wildman–Crippen LogP) is 3.29. The summed E-state index contributed by atoms with van der Waals surface area (Å²) in [5.41, 5.74) is 2.94. The first-order valence-electron chi connectivity index (χ1n) is 4.23. The molecule has 1 heteroatoms. The number of hydrogen-bond donors (Lipinski definition) is 1. The minimum absolute atomic E-state index is 0.337. The molecule has 0 heterocycles.